The first-order chi connectivity index (χ1) is 14.5. The van der Waals surface area contributed by atoms with Crippen molar-refractivity contribution in [2.24, 2.45) is 0 Å². The third-order valence-electron chi connectivity index (χ3n) is 4.97. The Hall–Kier alpha value is -2.81. The SMILES string of the molecule is Cc1nc2cccc([I-]/C3=C/C=C\C=C/C=C\C3)c2c(=O)n1[C@@H]1CCC(=O)NC1=O. The van der Waals surface area contributed by atoms with E-state index in [2.05, 4.69) is 22.5 Å². The third kappa shape index (κ3) is 4.21. The summed E-state index contributed by atoms with van der Waals surface area (Å²) in [6, 6.07) is 5.05. The van der Waals surface area contributed by atoms with Gasteiger partial charge in [-0.25, -0.2) is 0 Å². The molecule has 0 radical (unpaired) electrons. The average Bonchev–Trinajstić information content (AvgIpc) is 2.83. The Kier molecular flexibility index (Phi) is 6.08. The van der Waals surface area contributed by atoms with Crippen LogP contribution in [0.3, 0.4) is 0 Å². The van der Waals surface area contributed by atoms with Crippen molar-refractivity contribution in [2.45, 2.75) is 32.2 Å². The summed E-state index contributed by atoms with van der Waals surface area (Å²) in [5, 5.41) is 2.92. The van der Waals surface area contributed by atoms with Crippen LogP contribution in [0.5, 0.6) is 0 Å². The first-order valence-corrected chi connectivity index (χ1v) is 11.9. The molecule has 1 fully saturated rings. The van der Waals surface area contributed by atoms with E-state index in [0.717, 1.165) is 9.99 Å². The summed E-state index contributed by atoms with van der Waals surface area (Å²) in [5.41, 5.74) is 0.438. The van der Waals surface area contributed by atoms with E-state index in [-0.39, 0.29) is 17.9 Å². The summed E-state index contributed by atoms with van der Waals surface area (Å²) in [6.07, 6.45) is 15.6. The van der Waals surface area contributed by atoms with Gasteiger partial charge < -0.3 is 0 Å². The van der Waals surface area contributed by atoms with Crippen molar-refractivity contribution in [3.05, 3.63) is 84.1 Å². The van der Waals surface area contributed by atoms with E-state index in [1.807, 2.05) is 48.6 Å². The van der Waals surface area contributed by atoms with Gasteiger partial charge in [-0.05, 0) is 0 Å². The molecule has 2 aliphatic rings. The summed E-state index contributed by atoms with van der Waals surface area (Å²) in [5.74, 6) is -0.257. The fourth-order valence-corrected chi connectivity index (χ4v) is 6.34. The maximum absolute atomic E-state index is 13.5. The van der Waals surface area contributed by atoms with Gasteiger partial charge in [0.2, 0.25) is 0 Å². The first kappa shape index (κ1) is 20.5. The van der Waals surface area contributed by atoms with Crippen LogP contribution in [0.25, 0.3) is 10.9 Å². The van der Waals surface area contributed by atoms with Gasteiger partial charge in [-0.1, -0.05) is 0 Å². The van der Waals surface area contributed by atoms with Gasteiger partial charge in [0.15, 0.2) is 0 Å². The molecule has 0 unspecified atom stereocenters. The molecule has 7 heteroatoms. The summed E-state index contributed by atoms with van der Waals surface area (Å²) in [4.78, 5) is 42.1. The van der Waals surface area contributed by atoms with Gasteiger partial charge in [0.1, 0.15) is 0 Å². The molecular formula is C23H21IN3O3-. The van der Waals surface area contributed by atoms with Gasteiger partial charge in [-0.3, -0.25) is 0 Å². The van der Waals surface area contributed by atoms with Crippen LogP contribution in [0, 0.1) is 10.5 Å². The van der Waals surface area contributed by atoms with Crippen LogP contribution in [-0.4, -0.2) is 21.4 Å². The quantitative estimate of drug-likeness (QED) is 0.459. The number of benzene rings is 1. The zero-order valence-electron chi connectivity index (χ0n) is 16.5. The molecule has 1 aliphatic heterocycles. The molecule has 1 aromatic heterocycles. The van der Waals surface area contributed by atoms with E-state index < -0.39 is 33.2 Å². The zero-order valence-corrected chi connectivity index (χ0v) is 18.6. The number of allylic oxidation sites excluding steroid dienone is 8. The van der Waals surface area contributed by atoms with E-state index in [1.165, 1.54) is 8.15 Å². The fraction of sp³-hybridized carbons (Fsp3) is 0.217. The molecule has 30 heavy (non-hydrogen) atoms. The second-order valence-electron chi connectivity index (χ2n) is 7.05. The first-order valence-electron chi connectivity index (χ1n) is 9.74. The molecule has 2 amide bonds. The zero-order chi connectivity index (χ0) is 21.1. The summed E-state index contributed by atoms with van der Waals surface area (Å²) >= 11 is -0.592. The number of carbonyl (C=O) groups excluding carboxylic acids is 2. The minimum absolute atomic E-state index is 0.210. The maximum atomic E-state index is 13.5. The van der Waals surface area contributed by atoms with Crippen LogP contribution in [0.1, 0.15) is 31.1 Å². The van der Waals surface area contributed by atoms with Crippen LogP contribution in [0.15, 0.2) is 69.1 Å². The number of halogens is 1. The Morgan fingerprint density at radius 3 is 2.73 bits per heavy atom. The molecule has 154 valence electrons. The minimum atomic E-state index is -0.709. The van der Waals surface area contributed by atoms with Gasteiger partial charge >= 0.3 is 185 Å². The van der Waals surface area contributed by atoms with Crippen LogP contribution in [0.2, 0.25) is 0 Å². The molecule has 0 spiro atoms. The molecule has 1 aromatic carbocycles. The molecule has 1 saturated heterocycles. The van der Waals surface area contributed by atoms with Crippen molar-refractivity contribution >= 4 is 22.7 Å². The Balaban J connectivity index is 1.79. The second-order valence-corrected chi connectivity index (χ2v) is 10.1. The standard InChI is InChI=1S/C23H21IN3O3/c1-15-25-18-12-8-11-17(24-16-9-6-4-2-3-5-7-10-16)21(18)23(30)27(15)19-13-14-20(28)26-22(19)29/h2-9,11-12,19H,10,13-14H2,1H3,(H,26,28,29)/q-1/b3-2-,6-4-,7-5-,16-9+/t19-/m1/s1. The van der Waals surface area contributed by atoms with Crippen molar-refractivity contribution in [1.82, 2.24) is 14.9 Å². The number of hydrogen-bond donors (Lipinski definition) is 1. The summed E-state index contributed by atoms with van der Waals surface area (Å²) in [7, 11) is 0. The van der Waals surface area contributed by atoms with E-state index in [0.29, 0.717) is 23.1 Å². The van der Waals surface area contributed by atoms with Crippen LogP contribution < -0.4 is 32.1 Å². The van der Waals surface area contributed by atoms with E-state index in [4.69, 9.17) is 0 Å². The van der Waals surface area contributed by atoms with Crippen molar-refractivity contribution in [3.8, 4) is 0 Å². The number of aromatic nitrogens is 2. The molecule has 1 aliphatic carbocycles. The molecule has 4 rings (SSSR count). The molecule has 0 saturated carbocycles. The van der Waals surface area contributed by atoms with E-state index in [9.17, 15) is 14.4 Å². The normalized spacial score (nSPS) is 24.3. The Labute approximate surface area is 184 Å². The van der Waals surface area contributed by atoms with Crippen molar-refractivity contribution < 1.29 is 30.8 Å². The summed E-state index contributed by atoms with van der Waals surface area (Å²) < 4.78 is 3.73. The van der Waals surface area contributed by atoms with E-state index >= 15 is 0 Å². The number of aryl methyl sites for hydroxylation is 1. The second kappa shape index (κ2) is 8.91. The number of carbonyl (C=O) groups is 2. The van der Waals surface area contributed by atoms with Crippen LogP contribution >= 0.6 is 0 Å². The van der Waals surface area contributed by atoms with Gasteiger partial charge in [-0.15, -0.1) is 0 Å². The molecule has 2 heterocycles. The number of amides is 2. The van der Waals surface area contributed by atoms with Gasteiger partial charge in [0.05, 0.1) is 0 Å². The molecule has 0 bridgehead atoms. The number of piperidine rings is 1. The van der Waals surface area contributed by atoms with Crippen molar-refractivity contribution in [1.29, 1.82) is 0 Å². The average molecular weight is 514 g/mol. The van der Waals surface area contributed by atoms with Gasteiger partial charge in [-0.2, -0.15) is 0 Å². The number of rotatable bonds is 3. The topological polar surface area (TPSA) is 81.1 Å². The van der Waals surface area contributed by atoms with Gasteiger partial charge in [0.25, 0.3) is 0 Å². The van der Waals surface area contributed by atoms with Gasteiger partial charge in [0, 0.05) is 0 Å². The Morgan fingerprint density at radius 2 is 1.90 bits per heavy atom. The molecule has 1 N–H and O–H groups in total. The van der Waals surface area contributed by atoms with Crippen LogP contribution in [0.4, 0.5) is 0 Å². The van der Waals surface area contributed by atoms with E-state index in [1.54, 1.807) is 6.92 Å². The Bertz CT molecular complexity index is 1200. The van der Waals surface area contributed by atoms with Crippen LogP contribution in [-0.2, 0) is 9.59 Å². The third-order valence-corrected chi connectivity index (χ3v) is 7.94. The number of nitrogens with one attached hydrogen (secondary N) is 1. The Morgan fingerprint density at radius 1 is 1.10 bits per heavy atom. The summed E-state index contributed by atoms with van der Waals surface area (Å²) in [6.45, 7) is 1.73. The van der Waals surface area contributed by atoms with Crippen molar-refractivity contribution in [2.75, 3.05) is 0 Å². The molecule has 1 atom stereocenters. The number of hydrogen-bond acceptors (Lipinski definition) is 4. The number of nitrogens with zero attached hydrogens (tertiary/aromatic N) is 2. The monoisotopic (exact) mass is 514 g/mol. The molecule has 2 aromatic rings. The predicted octanol–water partition coefficient (Wildman–Crippen LogP) is -0.103. The number of imide groups is 1. The molecular weight excluding hydrogens is 493 g/mol. The molecule has 6 nitrogen and oxygen atoms in total. The van der Waals surface area contributed by atoms with Crippen molar-refractivity contribution in [3.63, 3.8) is 0 Å². The fourth-order valence-electron chi connectivity index (χ4n) is 3.57. The predicted molar refractivity (Wildman–Crippen MR) is 111 cm³/mol. The number of fused-ring (bicyclic) bond motifs is 1.